The maximum absolute atomic E-state index is 5.65. The Balaban J connectivity index is 2.72. The molecule has 1 aromatic rings. The first-order chi connectivity index (χ1) is 10.2. The molecule has 0 radical (unpaired) electrons. The highest BCUT2D eigenvalue weighted by atomic mass is 32.1. The van der Waals surface area contributed by atoms with Gasteiger partial charge in [-0.2, -0.15) is 5.10 Å². The van der Waals surface area contributed by atoms with Crippen molar-refractivity contribution in [3.63, 3.8) is 0 Å². The van der Waals surface area contributed by atoms with Crippen LogP contribution in [-0.2, 0) is 0 Å². The molecule has 0 bridgehead atoms. The van der Waals surface area contributed by atoms with Gasteiger partial charge in [-0.3, -0.25) is 5.43 Å². The fourth-order valence-corrected chi connectivity index (χ4v) is 1.77. The number of hydrogen-bond donors (Lipinski definition) is 2. The third-order valence-electron chi connectivity index (χ3n) is 2.45. The quantitative estimate of drug-likeness (QED) is 0.439. The molecular formula is C15H23N3O2S. The van der Waals surface area contributed by atoms with E-state index in [9.17, 15) is 0 Å². The van der Waals surface area contributed by atoms with Crippen molar-refractivity contribution in [3.8, 4) is 11.5 Å². The van der Waals surface area contributed by atoms with E-state index >= 15 is 0 Å². The SMILES string of the molecule is CCCOc1ccc(/C=N\NC(=S)NCC)cc1OCC. The van der Waals surface area contributed by atoms with Gasteiger partial charge in [0.15, 0.2) is 16.6 Å². The summed E-state index contributed by atoms with van der Waals surface area (Å²) in [5.74, 6) is 1.48. The maximum Gasteiger partial charge on any atom is 0.186 e. The van der Waals surface area contributed by atoms with Crippen LogP contribution in [-0.4, -0.2) is 31.1 Å². The van der Waals surface area contributed by atoms with Gasteiger partial charge in [0.1, 0.15) is 0 Å². The zero-order chi connectivity index (χ0) is 15.5. The third kappa shape index (κ3) is 6.44. The zero-order valence-electron chi connectivity index (χ0n) is 12.8. The molecule has 0 aromatic heterocycles. The Morgan fingerprint density at radius 2 is 2.05 bits per heavy atom. The fourth-order valence-electron chi connectivity index (χ4n) is 1.57. The molecule has 0 aliphatic carbocycles. The van der Waals surface area contributed by atoms with Crippen molar-refractivity contribution in [3.05, 3.63) is 23.8 Å². The van der Waals surface area contributed by atoms with Crippen LogP contribution >= 0.6 is 12.2 Å². The van der Waals surface area contributed by atoms with E-state index in [-0.39, 0.29) is 0 Å². The molecule has 0 unspecified atom stereocenters. The van der Waals surface area contributed by atoms with E-state index in [0.29, 0.717) is 18.3 Å². The van der Waals surface area contributed by atoms with E-state index < -0.39 is 0 Å². The molecule has 0 amide bonds. The average Bonchev–Trinajstić information content (AvgIpc) is 2.47. The van der Waals surface area contributed by atoms with Crippen molar-refractivity contribution < 1.29 is 9.47 Å². The second kappa shape index (κ2) is 9.99. The smallest absolute Gasteiger partial charge is 0.186 e. The molecule has 1 aromatic carbocycles. The summed E-state index contributed by atoms with van der Waals surface area (Å²) < 4.78 is 11.2. The highest BCUT2D eigenvalue weighted by Crippen LogP contribution is 2.28. The highest BCUT2D eigenvalue weighted by molar-refractivity contribution is 7.80. The molecule has 0 fully saturated rings. The van der Waals surface area contributed by atoms with E-state index in [1.807, 2.05) is 32.0 Å². The summed E-state index contributed by atoms with van der Waals surface area (Å²) in [7, 11) is 0. The second-order valence-electron chi connectivity index (χ2n) is 4.22. The van der Waals surface area contributed by atoms with Gasteiger partial charge in [-0.05, 0) is 56.2 Å². The Bertz CT molecular complexity index is 478. The first-order valence-electron chi connectivity index (χ1n) is 7.17. The Morgan fingerprint density at radius 3 is 2.71 bits per heavy atom. The van der Waals surface area contributed by atoms with Crippen molar-refractivity contribution >= 4 is 23.5 Å². The molecule has 0 heterocycles. The van der Waals surface area contributed by atoms with Crippen LogP contribution in [0.3, 0.4) is 0 Å². The molecule has 5 nitrogen and oxygen atoms in total. The van der Waals surface area contributed by atoms with Crippen molar-refractivity contribution in [2.45, 2.75) is 27.2 Å². The molecular weight excluding hydrogens is 286 g/mol. The van der Waals surface area contributed by atoms with Crippen LogP contribution < -0.4 is 20.2 Å². The predicted octanol–water partition coefficient (Wildman–Crippen LogP) is 2.69. The standard InChI is InChI=1S/C15H23N3O2S/c1-4-9-20-13-8-7-12(10-14(13)19-6-3)11-17-18-15(21)16-5-2/h7-8,10-11H,4-6,9H2,1-3H3,(H2,16,18,21)/b17-11-. The number of nitrogens with zero attached hydrogens (tertiary/aromatic N) is 1. The van der Waals surface area contributed by atoms with Crippen LogP contribution in [0.4, 0.5) is 0 Å². The van der Waals surface area contributed by atoms with Crippen LogP contribution in [0.1, 0.15) is 32.8 Å². The molecule has 0 aliphatic rings. The lowest BCUT2D eigenvalue weighted by molar-refractivity contribution is 0.277. The fraction of sp³-hybridized carbons (Fsp3) is 0.467. The van der Waals surface area contributed by atoms with E-state index in [1.165, 1.54) is 0 Å². The summed E-state index contributed by atoms with van der Waals surface area (Å²) in [5, 5.41) is 7.54. The van der Waals surface area contributed by atoms with Gasteiger partial charge in [0.2, 0.25) is 0 Å². The summed E-state index contributed by atoms with van der Waals surface area (Å²) in [5.41, 5.74) is 3.66. The van der Waals surface area contributed by atoms with Gasteiger partial charge >= 0.3 is 0 Å². The number of ether oxygens (including phenoxy) is 2. The minimum atomic E-state index is 0.502. The van der Waals surface area contributed by atoms with Gasteiger partial charge in [-0.25, -0.2) is 0 Å². The van der Waals surface area contributed by atoms with Crippen molar-refractivity contribution in [1.82, 2.24) is 10.7 Å². The van der Waals surface area contributed by atoms with E-state index in [2.05, 4.69) is 22.8 Å². The van der Waals surface area contributed by atoms with Gasteiger partial charge in [0.05, 0.1) is 19.4 Å². The molecule has 0 atom stereocenters. The molecule has 0 saturated heterocycles. The molecule has 116 valence electrons. The molecule has 0 spiro atoms. The summed E-state index contributed by atoms with van der Waals surface area (Å²) in [4.78, 5) is 0. The lowest BCUT2D eigenvalue weighted by atomic mass is 10.2. The third-order valence-corrected chi connectivity index (χ3v) is 2.68. The number of thiocarbonyl (C=S) groups is 1. The summed E-state index contributed by atoms with van der Waals surface area (Å²) in [6.07, 6.45) is 2.65. The Labute approximate surface area is 131 Å². The van der Waals surface area contributed by atoms with E-state index in [0.717, 1.165) is 30.0 Å². The van der Waals surface area contributed by atoms with Gasteiger partial charge in [-0.15, -0.1) is 0 Å². The largest absolute Gasteiger partial charge is 0.490 e. The zero-order valence-corrected chi connectivity index (χ0v) is 13.6. The molecule has 0 saturated carbocycles. The summed E-state index contributed by atoms with van der Waals surface area (Å²) in [6, 6.07) is 5.72. The van der Waals surface area contributed by atoms with Crippen molar-refractivity contribution in [1.29, 1.82) is 0 Å². The first kappa shape index (κ1) is 17.2. The number of benzene rings is 1. The normalized spacial score (nSPS) is 10.4. The number of hydrogen-bond acceptors (Lipinski definition) is 4. The van der Waals surface area contributed by atoms with Crippen LogP contribution in [0.15, 0.2) is 23.3 Å². The number of rotatable bonds is 8. The highest BCUT2D eigenvalue weighted by Gasteiger charge is 2.05. The van der Waals surface area contributed by atoms with Gasteiger partial charge in [-0.1, -0.05) is 6.92 Å². The number of nitrogens with one attached hydrogen (secondary N) is 2. The molecule has 21 heavy (non-hydrogen) atoms. The molecule has 6 heteroatoms. The van der Waals surface area contributed by atoms with E-state index in [1.54, 1.807) is 6.21 Å². The van der Waals surface area contributed by atoms with Crippen molar-refractivity contribution in [2.24, 2.45) is 5.10 Å². The average molecular weight is 309 g/mol. The minimum Gasteiger partial charge on any atom is -0.490 e. The lowest BCUT2D eigenvalue weighted by Crippen LogP contribution is -2.31. The van der Waals surface area contributed by atoms with Gasteiger partial charge in [0.25, 0.3) is 0 Å². The van der Waals surface area contributed by atoms with Crippen LogP contribution in [0.25, 0.3) is 0 Å². The topological polar surface area (TPSA) is 54.9 Å². The van der Waals surface area contributed by atoms with Crippen molar-refractivity contribution in [2.75, 3.05) is 19.8 Å². The second-order valence-corrected chi connectivity index (χ2v) is 4.63. The Morgan fingerprint density at radius 1 is 1.24 bits per heavy atom. The van der Waals surface area contributed by atoms with Gasteiger partial charge in [0, 0.05) is 6.54 Å². The summed E-state index contributed by atoms with van der Waals surface area (Å²) in [6.45, 7) is 8.01. The number of hydrazone groups is 1. The van der Waals surface area contributed by atoms with Crippen LogP contribution in [0.2, 0.25) is 0 Å². The Kier molecular flexibility index (Phi) is 8.19. The van der Waals surface area contributed by atoms with Crippen LogP contribution in [0, 0.1) is 0 Å². The summed E-state index contributed by atoms with van der Waals surface area (Å²) >= 11 is 5.02. The Hall–Kier alpha value is -1.82. The van der Waals surface area contributed by atoms with Gasteiger partial charge < -0.3 is 14.8 Å². The molecule has 1 rings (SSSR count). The molecule has 2 N–H and O–H groups in total. The lowest BCUT2D eigenvalue weighted by Gasteiger charge is -2.11. The molecule has 0 aliphatic heterocycles. The monoisotopic (exact) mass is 309 g/mol. The predicted molar refractivity (Wildman–Crippen MR) is 90.4 cm³/mol. The maximum atomic E-state index is 5.65. The van der Waals surface area contributed by atoms with E-state index in [4.69, 9.17) is 21.7 Å². The first-order valence-corrected chi connectivity index (χ1v) is 7.58. The van der Waals surface area contributed by atoms with Crippen LogP contribution in [0.5, 0.6) is 11.5 Å². The minimum absolute atomic E-state index is 0.502.